The lowest BCUT2D eigenvalue weighted by Crippen LogP contribution is -2.55. The van der Waals surface area contributed by atoms with Gasteiger partial charge in [0.1, 0.15) is 6.54 Å². The second kappa shape index (κ2) is 9.51. The monoisotopic (exact) mass is 441 g/mol. The summed E-state index contributed by atoms with van der Waals surface area (Å²) in [6.07, 6.45) is -1.82. The van der Waals surface area contributed by atoms with Gasteiger partial charge in [0.2, 0.25) is 0 Å². The number of rotatable bonds is 5. The van der Waals surface area contributed by atoms with Crippen molar-refractivity contribution in [2.75, 3.05) is 24.5 Å². The lowest BCUT2D eigenvalue weighted by atomic mass is 10.0. The minimum absolute atomic E-state index is 0.117. The van der Waals surface area contributed by atoms with Crippen LogP contribution in [0, 0.1) is 6.92 Å². The van der Waals surface area contributed by atoms with E-state index in [0.29, 0.717) is 30.2 Å². The first kappa shape index (κ1) is 22.1. The first-order chi connectivity index (χ1) is 14.2. The molecule has 1 aliphatic rings. The van der Waals surface area contributed by atoms with Crippen LogP contribution in [0.3, 0.4) is 0 Å². The molecule has 1 fully saturated rings. The van der Waals surface area contributed by atoms with Crippen LogP contribution in [0.2, 0.25) is 5.02 Å². The maximum Gasteiger partial charge on any atom is 0.406 e. The summed E-state index contributed by atoms with van der Waals surface area (Å²) in [7, 11) is 0. The number of urea groups is 1. The zero-order chi connectivity index (χ0) is 21.7. The highest BCUT2D eigenvalue weighted by atomic mass is 35.5. The van der Waals surface area contributed by atoms with Crippen molar-refractivity contribution in [2.24, 2.45) is 0 Å². The summed E-state index contributed by atoms with van der Waals surface area (Å²) in [4.78, 5) is 15.5. The Morgan fingerprint density at radius 2 is 2.17 bits per heavy atom. The van der Waals surface area contributed by atoms with Gasteiger partial charge < -0.3 is 15.1 Å². The highest BCUT2D eigenvalue weighted by molar-refractivity contribution is 6.31. The number of aromatic nitrogens is 2. The van der Waals surface area contributed by atoms with Crippen molar-refractivity contribution in [1.82, 2.24) is 20.4 Å². The number of hydrogen-bond acceptors (Lipinski definition) is 4. The maximum atomic E-state index is 13.2. The van der Waals surface area contributed by atoms with Gasteiger partial charge in [-0.25, -0.2) is 4.79 Å². The normalized spacial score (nSPS) is 17.0. The molecule has 0 bridgehead atoms. The van der Waals surface area contributed by atoms with Crippen LogP contribution in [0.5, 0.6) is 0 Å². The fourth-order valence-corrected chi connectivity index (χ4v) is 3.65. The number of anilines is 1. The van der Waals surface area contributed by atoms with E-state index in [0.717, 1.165) is 16.0 Å². The molecule has 2 heterocycles. The lowest BCUT2D eigenvalue weighted by Gasteiger charge is -2.39. The molecule has 0 spiro atoms. The van der Waals surface area contributed by atoms with Crippen molar-refractivity contribution in [3.05, 3.63) is 52.7 Å². The largest absolute Gasteiger partial charge is 0.406 e. The van der Waals surface area contributed by atoms with Gasteiger partial charge in [-0.15, -0.1) is 5.10 Å². The highest BCUT2D eigenvalue weighted by Crippen LogP contribution is 2.25. The number of hydrogen-bond donors (Lipinski definition) is 1. The number of nitrogens with one attached hydrogen (secondary N) is 1. The van der Waals surface area contributed by atoms with Crippen molar-refractivity contribution in [3.63, 3.8) is 0 Å². The third kappa shape index (κ3) is 5.98. The van der Waals surface area contributed by atoms with Gasteiger partial charge in [0, 0.05) is 30.9 Å². The van der Waals surface area contributed by atoms with Gasteiger partial charge >= 0.3 is 12.2 Å². The molecule has 2 amide bonds. The average Bonchev–Trinajstić information content (AvgIpc) is 2.73. The van der Waals surface area contributed by atoms with Crippen molar-refractivity contribution < 1.29 is 18.0 Å². The summed E-state index contributed by atoms with van der Waals surface area (Å²) >= 11 is 6.00. The summed E-state index contributed by atoms with van der Waals surface area (Å²) in [6, 6.07) is 7.38. The van der Waals surface area contributed by atoms with Crippen LogP contribution in [-0.4, -0.2) is 53.0 Å². The topological polar surface area (TPSA) is 61.4 Å². The van der Waals surface area contributed by atoms with Gasteiger partial charge in [-0.3, -0.25) is 0 Å². The summed E-state index contributed by atoms with van der Waals surface area (Å²) < 4.78 is 39.7. The minimum atomic E-state index is -4.50. The lowest BCUT2D eigenvalue weighted by molar-refractivity contribution is -0.144. The molecule has 1 N–H and O–H groups in total. The number of aryl methyl sites for hydroxylation is 1. The van der Waals surface area contributed by atoms with Crippen LogP contribution in [0.15, 0.2) is 36.5 Å². The van der Waals surface area contributed by atoms with Crippen molar-refractivity contribution in [1.29, 1.82) is 0 Å². The van der Waals surface area contributed by atoms with Crippen LogP contribution in [0.4, 0.5) is 23.8 Å². The summed E-state index contributed by atoms with van der Waals surface area (Å²) in [6.45, 7) is 1.55. The van der Waals surface area contributed by atoms with E-state index in [1.165, 1.54) is 6.20 Å². The average molecular weight is 442 g/mol. The van der Waals surface area contributed by atoms with Gasteiger partial charge in [-0.1, -0.05) is 23.7 Å². The molecule has 1 atom stereocenters. The molecule has 0 radical (unpaired) electrons. The van der Waals surface area contributed by atoms with E-state index in [1.807, 2.05) is 11.8 Å². The number of amides is 2. The van der Waals surface area contributed by atoms with Crippen molar-refractivity contribution >= 4 is 23.4 Å². The molecule has 6 nitrogen and oxygen atoms in total. The van der Waals surface area contributed by atoms with E-state index in [4.69, 9.17) is 11.6 Å². The Balaban J connectivity index is 1.71. The number of carbonyl (C=O) groups is 1. The molecule has 162 valence electrons. The third-order valence-electron chi connectivity index (χ3n) is 5.00. The van der Waals surface area contributed by atoms with Gasteiger partial charge in [-0.05, 0) is 49.1 Å². The van der Waals surface area contributed by atoms with E-state index >= 15 is 0 Å². The molecule has 30 heavy (non-hydrogen) atoms. The number of carbonyl (C=O) groups excluding carboxylic acids is 1. The first-order valence-electron chi connectivity index (χ1n) is 9.62. The predicted molar refractivity (Wildman–Crippen MR) is 108 cm³/mol. The van der Waals surface area contributed by atoms with Crippen molar-refractivity contribution in [2.45, 2.75) is 38.5 Å². The van der Waals surface area contributed by atoms with E-state index < -0.39 is 24.8 Å². The molecule has 10 heteroatoms. The first-order valence-corrected chi connectivity index (χ1v) is 9.99. The Morgan fingerprint density at radius 1 is 1.37 bits per heavy atom. The van der Waals surface area contributed by atoms with E-state index in [2.05, 4.69) is 15.5 Å². The van der Waals surface area contributed by atoms with E-state index in [1.54, 1.807) is 30.3 Å². The molecule has 1 saturated heterocycles. The van der Waals surface area contributed by atoms with Crippen LogP contribution >= 0.6 is 11.6 Å². The number of benzene rings is 1. The molecule has 3 rings (SSSR count). The molecular formula is C20H23ClF3N5O. The Kier molecular flexibility index (Phi) is 7.02. The molecule has 1 aromatic heterocycles. The maximum absolute atomic E-state index is 13.2. The Labute approximate surface area is 178 Å². The Morgan fingerprint density at radius 3 is 2.83 bits per heavy atom. The second-order valence-corrected chi connectivity index (χ2v) is 7.72. The zero-order valence-corrected chi connectivity index (χ0v) is 17.2. The fraction of sp³-hybridized carbons (Fsp3) is 0.450. The summed E-state index contributed by atoms with van der Waals surface area (Å²) in [5.41, 5.74) is 1.60. The quantitative estimate of drug-likeness (QED) is 0.756. The van der Waals surface area contributed by atoms with Gasteiger partial charge in [0.15, 0.2) is 5.82 Å². The zero-order valence-electron chi connectivity index (χ0n) is 16.5. The smallest absolute Gasteiger partial charge is 0.353 e. The number of piperidine rings is 1. The molecule has 0 unspecified atom stereocenters. The standard InChI is InChI=1S/C20H23ClF3N5O/c1-14-10-15(6-7-17(14)21)11-25-19(30)29(13-20(22,23)24)16-4-3-9-28(12-16)18-5-2-8-26-27-18/h2,5-8,10,16H,3-4,9,11-13H2,1H3,(H,25,30)/t16-/m1/s1. The van der Waals surface area contributed by atoms with E-state index in [9.17, 15) is 18.0 Å². The second-order valence-electron chi connectivity index (χ2n) is 7.31. The molecule has 2 aromatic rings. The van der Waals surface area contributed by atoms with Gasteiger partial charge in [-0.2, -0.15) is 18.3 Å². The highest BCUT2D eigenvalue weighted by Gasteiger charge is 2.38. The molecule has 1 aromatic carbocycles. The van der Waals surface area contributed by atoms with Crippen LogP contribution in [0.1, 0.15) is 24.0 Å². The van der Waals surface area contributed by atoms with Crippen molar-refractivity contribution in [3.8, 4) is 0 Å². The minimum Gasteiger partial charge on any atom is -0.353 e. The third-order valence-corrected chi connectivity index (χ3v) is 5.42. The summed E-state index contributed by atoms with van der Waals surface area (Å²) in [5.74, 6) is 0.589. The van der Waals surface area contributed by atoms with Gasteiger partial charge in [0.25, 0.3) is 0 Å². The molecular weight excluding hydrogens is 419 g/mol. The Bertz CT molecular complexity index is 865. The SMILES string of the molecule is Cc1cc(CNC(=O)N(CC(F)(F)F)[C@@H]2CCCN(c3cccnn3)C2)ccc1Cl. The van der Waals surface area contributed by atoms with Crippen LogP contribution < -0.4 is 10.2 Å². The van der Waals surface area contributed by atoms with E-state index in [-0.39, 0.29) is 13.1 Å². The predicted octanol–water partition coefficient (Wildman–Crippen LogP) is 4.18. The number of halogens is 4. The van der Waals surface area contributed by atoms with Crippen LogP contribution in [-0.2, 0) is 6.54 Å². The van der Waals surface area contributed by atoms with Gasteiger partial charge in [0.05, 0.1) is 6.04 Å². The molecule has 0 aliphatic carbocycles. The number of alkyl halides is 3. The Hall–Kier alpha value is -2.55. The fourth-order valence-electron chi connectivity index (χ4n) is 3.54. The number of nitrogens with zero attached hydrogens (tertiary/aromatic N) is 4. The summed E-state index contributed by atoms with van der Waals surface area (Å²) in [5, 5.41) is 11.1. The molecule has 1 aliphatic heterocycles. The molecule has 0 saturated carbocycles. The van der Waals surface area contributed by atoms with Crippen LogP contribution in [0.25, 0.3) is 0 Å².